The average Bonchev–Trinajstić information content (AvgIpc) is 2.26. The fourth-order valence-corrected chi connectivity index (χ4v) is 1.88. The third-order valence-electron chi connectivity index (χ3n) is 3.02. The Labute approximate surface area is 101 Å². The molecule has 0 aliphatic heterocycles. The molecule has 0 aliphatic rings. The fourth-order valence-electron chi connectivity index (χ4n) is 1.88. The molecule has 0 bridgehead atoms. The lowest BCUT2D eigenvalue weighted by atomic mass is 9.79. The Morgan fingerprint density at radius 1 is 1.35 bits per heavy atom. The van der Waals surface area contributed by atoms with Crippen molar-refractivity contribution < 1.29 is 9.72 Å². The Bertz CT molecular complexity index is 412. The maximum atomic E-state index is 11.3. The zero-order valence-electron chi connectivity index (χ0n) is 10.3. The van der Waals surface area contributed by atoms with Crippen molar-refractivity contribution in [2.45, 2.75) is 38.6 Å². The molecule has 0 spiro atoms. The summed E-state index contributed by atoms with van der Waals surface area (Å²) in [6, 6.07) is 9.18. The number of carbonyl (C=O) groups excluding carboxylic acids is 1. The monoisotopic (exact) mass is 235 g/mol. The van der Waals surface area contributed by atoms with Crippen molar-refractivity contribution in [3.8, 4) is 0 Å². The van der Waals surface area contributed by atoms with Gasteiger partial charge in [-0.15, -0.1) is 0 Å². The standard InChI is InChI=1S/C13H17NO3/c1-10(15)9-12(13(2,3)14(16)17)11-7-5-4-6-8-11/h4-8,12H,9H2,1-3H3/t12-/m1/s1. The van der Waals surface area contributed by atoms with E-state index in [-0.39, 0.29) is 17.1 Å². The molecular formula is C13H17NO3. The van der Waals surface area contributed by atoms with Crippen molar-refractivity contribution in [1.82, 2.24) is 0 Å². The molecule has 1 aromatic carbocycles. The summed E-state index contributed by atoms with van der Waals surface area (Å²) in [5, 5.41) is 11.1. The first-order valence-corrected chi connectivity index (χ1v) is 5.54. The first-order valence-electron chi connectivity index (χ1n) is 5.54. The number of nitrogens with zero attached hydrogens (tertiary/aromatic N) is 1. The molecule has 0 saturated carbocycles. The fraction of sp³-hybridized carbons (Fsp3) is 0.462. The van der Waals surface area contributed by atoms with E-state index in [4.69, 9.17) is 0 Å². The predicted molar refractivity (Wildman–Crippen MR) is 65.6 cm³/mol. The molecule has 1 atom stereocenters. The first kappa shape index (κ1) is 13.4. The molecule has 0 saturated heterocycles. The van der Waals surface area contributed by atoms with Gasteiger partial charge in [0.1, 0.15) is 5.78 Å². The number of rotatable bonds is 5. The van der Waals surface area contributed by atoms with Crippen LogP contribution in [-0.2, 0) is 4.79 Å². The van der Waals surface area contributed by atoms with Gasteiger partial charge >= 0.3 is 0 Å². The average molecular weight is 235 g/mol. The minimum absolute atomic E-state index is 0.0335. The van der Waals surface area contributed by atoms with Crippen LogP contribution in [0, 0.1) is 10.1 Å². The lowest BCUT2D eigenvalue weighted by Crippen LogP contribution is -2.39. The van der Waals surface area contributed by atoms with Gasteiger partial charge in [0, 0.05) is 25.2 Å². The Morgan fingerprint density at radius 2 is 1.88 bits per heavy atom. The number of Topliss-reactive ketones (excluding diaryl/α,β-unsaturated/α-hetero) is 1. The minimum atomic E-state index is -1.15. The van der Waals surface area contributed by atoms with Crippen LogP contribution in [0.5, 0.6) is 0 Å². The van der Waals surface area contributed by atoms with E-state index in [0.29, 0.717) is 0 Å². The molecule has 0 aromatic heterocycles. The normalized spacial score (nSPS) is 13.1. The van der Waals surface area contributed by atoms with Gasteiger partial charge in [-0.3, -0.25) is 10.1 Å². The number of ketones is 1. The summed E-state index contributed by atoms with van der Waals surface area (Å²) < 4.78 is 0. The minimum Gasteiger partial charge on any atom is -0.300 e. The predicted octanol–water partition coefficient (Wildman–Crippen LogP) is 2.80. The lowest BCUT2D eigenvalue weighted by molar-refractivity contribution is -0.565. The number of carbonyl (C=O) groups is 1. The molecule has 4 heteroatoms. The van der Waals surface area contributed by atoms with E-state index in [2.05, 4.69) is 0 Å². The third kappa shape index (κ3) is 3.12. The van der Waals surface area contributed by atoms with Gasteiger partial charge in [-0.25, -0.2) is 0 Å². The Hall–Kier alpha value is -1.71. The number of nitro groups is 1. The molecule has 0 unspecified atom stereocenters. The van der Waals surface area contributed by atoms with Gasteiger partial charge in [0.15, 0.2) is 0 Å². The van der Waals surface area contributed by atoms with Gasteiger partial charge in [0.05, 0.1) is 5.92 Å². The van der Waals surface area contributed by atoms with Crippen molar-refractivity contribution in [2.24, 2.45) is 0 Å². The van der Waals surface area contributed by atoms with Crippen LogP contribution in [-0.4, -0.2) is 16.2 Å². The number of benzene rings is 1. The second-order valence-corrected chi connectivity index (χ2v) is 4.78. The van der Waals surface area contributed by atoms with Crippen LogP contribution >= 0.6 is 0 Å². The lowest BCUT2D eigenvalue weighted by Gasteiger charge is -2.26. The highest BCUT2D eigenvalue weighted by Crippen LogP contribution is 2.33. The van der Waals surface area contributed by atoms with E-state index in [1.807, 2.05) is 30.3 Å². The highest BCUT2D eigenvalue weighted by molar-refractivity contribution is 5.76. The van der Waals surface area contributed by atoms with Crippen molar-refractivity contribution in [3.63, 3.8) is 0 Å². The number of hydrogen-bond acceptors (Lipinski definition) is 3. The maximum absolute atomic E-state index is 11.3. The van der Waals surface area contributed by atoms with Crippen molar-refractivity contribution in [1.29, 1.82) is 0 Å². The van der Waals surface area contributed by atoms with Crippen molar-refractivity contribution in [2.75, 3.05) is 0 Å². The second kappa shape index (κ2) is 5.08. The summed E-state index contributed by atoms with van der Waals surface area (Å²) in [5.74, 6) is -0.426. The van der Waals surface area contributed by atoms with Gasteiger partial charge in [0.2, 0.25) is 5.54 Å². The van der Waals surface area contributed by atoms with Crippen LogP contribution < -0.4 is 0 Å². The summed E-state index contributed by atoms with van der Waals surface area (Å²) in [4.78, 5) is 22.1. The molecule has 0 aliphatic carbocycles. The molecule has 0 fully saturated rings. The van der Waals surface area contributed by atoms with Gasteiger partial charge in [0.25, 0.3) is 0 Å². The van der Waals surface area contributed by atoms with Crippen LogP contribution in [0.4, 0.5) is 0 Å². The third-order valence-corrected chi connectivity index (χ3v) is 3.02. The van der Waals surface area contributed by atoms with E-state index in [0.717, 1.165) is 5.56 Å². The Morgan fingerprint density at radius 3 is 2.29 bits per heavy atom. The molecule has 0 heterocycles. The molecule has 0 amide bonds. The smallest absolute Gasteiger partial charge is 0.223 e. The van der Waals surface area contributed by atoms with E-state index in [1.165, 1.54) is 6.92 Å². The van der Waals surface area contributed by atoms with Crippen LogP contribution in [0.1, 0.15) is 38.7 Å². The summed E-state index contributed by atoms with van der Waals surface area (Å²) in [6.07, 6.45) is 0.192. The molecule has 1 rings (SSSR count). The Balaban J connectivity index is 3.13. The first-order chi connectivity index (χ1) is 7.85. The molecule has 4 nitrogen and oxygen atoms in total. The van der Waals surface area contributed by atoms with Crippen LogP contribution in [0.3, 0.4) is 0 Å². The molecule has 1 aromatic rings. The quantitative estimate of drug-likeness (QED) is 0.582. The topological polar surface area (TPSA) is 60.2 Å². The number of hydrogen-bond donors (Lipinski definition) is 0. The molecule has 92 valence electrons. The van der Waals surface area contributed by atoms with Gasteiger partial charge in [-0.1, -0.05) is 30.3 Å². The second-order valence-electron chi connectivity index (χ2n) is 4.78. The largest absolute Gasteiger partial charge is 0.300 e. The zero-order chi connectivity index (χ0) is 13.1. The summed E-state index contributed by atoms with van der Waals surface area (Å²) >= 11 is 0. The summed E-state index contributed by atoms with van der Waals surface area (Å²) in [7, 11) is 0. The van der Waals surface area contributed by atoms with Crippen molar-refractivity contribution in [3.05, 3.63) is 46.0 Å². The molecule has 17 heavy (non-hydrogen) atoms. The highest BCUT2D eigenvalue weighted by atomic mass is 16.6. The summed E-state index contributed by atoms with van der Waals surface area (Å²) in [6.45, 7) is 4.59. The van der Waals surface area contributed by atoms with Gasteiger partial charge < -0.3 is 4.79 Å². The van der Waals surface area contributed by atoms with Gasteiger partial charge in [-0.05, 0) is 12.5 Å². The Kier molecular flexibility index (Phi) is 3.99. The molecule has 0 radical (unpaired) electrons. The van der Waals surface area contributed by atoms with Crippen LogP contribution in [0.15, 0.2) is 30.3 Å². The molecule has 0 N–H and O–H groups in total. The van der Waals surface area contributed by atoms with E-state index in [1.54, 1.807) is 13.8 Å². The zero-order valence-corrected chi connectivity index (χ0v) is 10.3. The van der Waals surface area contributed by atoms with Crippen LogP contribution in [0.25, 0.3) is 0 Å². The highest BCUT2D eigenvalue weighted by Gasteiger charge is 2.42. The van der Waals surface area contributed by atoms with E-state index >= 15 is 0 Å². The summed E-state index contributed by atoms with van der Waals surface area (Å²) in [5.41, 5.74) is -0.308. The van der Waals surface area contributed by atoms with E-state index < -0.39 is 11.5 Å². The van der Waals surface area contributed by atoms with Crippen molar-refractivity contribution >= 4 is 5.78 Å². The SMILES string of the molecule is CC(=O)C[C@H](c1ccccc1)C(C)(C)[N+](=O)[O-]. The van der Waals surface area contributed by atoms with Crippen LogP contribution in [0.2, 0.25) is 0 Å². The maximum Gasteiger partial charge on any atom is 0.223 e. The van der Waals surface area contributed by atoms with E-state index in [9.17, 15) is 14.9 Å². The molecular weight excluding hydrogens is 218 g/mol. The van der Waals surface area contributed by atoms with Gasteiger partial charge in [-0.2, -0.15) is 0 Å².